The van der Waals surface area contributed by atoms with E-state index in [1.165, 1.54) is 12.8 Å². The van der Waals surface area contributed by atoms with Crippen LogP contribution in [0.4, 0.5) is 0 Å². The van der Waals surface area contributed by atoms with E-state index in [-0.39, 0.29) is 24.9 Å². The molecule has 1 aliphatic rings. The Morgan fingerprint density at radius 1 is 1.18 bits per heavy atom. The summed E-state index contributed by atoms with van der Waals surface area (Å²) in [6.07, 6.45) is 2.44. The highest BCUT2D eigenvalue weighted by Crippen LogP contribution is 2.27. The summed E-state index contributed by atoms with van der Waals surface area (Å²) >= 11 is 0. The van der Waals surface area contributed by atoms with Crippen LogP contribution in [0.2, 0.25) is 0 Å². The lowest BCUT2D eigenvalue weighted by atomic mass is 10.4. The van der Waals surface area contributed by atoms with E-state index in [4.69, 9.17) is 4.74 Å². The molecule has 0 bridgehead atoms. The average Bonchev–Trinajstić information content (AvgIpc) is 3.10. The van der Waals surface area contributed by atoms with Crippen molar-refractivity contribution >= 4 is 11.8 Å². The molecular weight excluding hydrogens is 222 g/mol. The zero-order valence-electron chi connectivity index (χ0n) is 10.3. The van der Waals surface area contributed by atoms with Crippen molar-refractivity contribution in [3.63, 3.8) is 0 Å². The SMILES string of the molecule is COCCNC(=O)CNCC(=O)NCC1CC1. The lowest BCUT2D eigenvalue weighted by Crippen LogP contribution is -2.40. The molecule has 3 N–H and O–H groups in total. The van der Waals surface area contributed by atoms with Crippen molar-refractivity contribution in [3.05, 3.63) is 0 Å². The van der Waals surface area contributed by atoms with Crippen LogP contribution in [0.15, 0.2) is 0 Å². The second-order valence-electron chi connectivity index (χ2n) is 4.19. The van der Waals surface area contributed by atoms with E-state index in [9.17, 15) is 9.59 Å². The van der Waals surface area contributed by atoms with E-state index in [1.54, 1.807) is 7.11 Å². The molecule has 0 heterocycles. The van der Waals surface area contributed by atoms with Crippen molar-refractivity contribution in [2.24, 2.45) is 5.92 Å². The summed E-state index contributed by atoms with van der Waals surface area (Å²) in [5, 5.41) is 8.27. The van der Waals surface area contributed by atoms with Gasteiger partial charge in [-0.15, -0.1) is 0 Å². The predicted molar refractivity (Wildman–Crippen MR) is 63.5 cm³/mol. The maximum atomic E-state index is 11.3. The third kappa shape index (κ3) is 7.70. The fraction of sp³-hybridized carbons (Fsp3) is 0.818. The first kappa shape index (κ1) is 13.9. The van der Waals surface area contributed by atoms with Crippen molar-refractivity contribution in [2.75, 3.05) is 39.9 Å². The number of ether oxygens (including phenoxy) is 1. The maximum Gasteiger partial charge on any atom is 0.234 e. The van der Waals surface area contributed by atoms with Crippen molar-refractivity contribution in [1.82, 2.24) is 16.0 Å². The van der Waals surface area contributed by atoms with Gasteiger partial charge in [-0.1, -0.05) is 0 Å². The third-order valence-electron chi connectivity index (χ3n) is 2.48. The van der Waals surface area contributed by atoms with Crippen LogP contribution in [0, 0.1) is 5.92 Å². The topological polar surface area (TPSA) is 79.5 Å². The van der Waals surface area contributed by atoms with Gasteiger partial charge >= 0.3 is 0 Å². The van der Waals surface area contributed by atoms with Crippen molar-refractivity contribution in [1.29, 1.82) is 0 Å². The summed E-state index contributed by atoms with van der Waals surface area (Å²) in [4.78, 5) is 22.5. The molecule has 6 nitrogen and oxygen atoms in total. The van der Waals surface area contributed by atoms with Gasteiger partial charge in [-0.25, -0.2) is 0 Å². The molecule has 2 amide bonds. The molecule has 0 aliphatic heterocycles. The van der Waals surface area contributed by atoms with Gasteiger partial charge < -0.3 is 15.4 Å². The fourth-order valence-electron chi connectivity index (χ4n) is 1.29. The van der Waals surface area contributed by atoms with Gasteiger partial charge in [0.05, 0.1) is 19.7 Å². The highest BCUT2D eigenvalue weighted by Gasteiger charge is 2.21. The van der Waals surface area contributed by atoms with Gasteiger partial charge in [0, 0.05) is 20.2 Å². The monoisotopic (exact) mass is 243 g/mol. The molecule has 98 valence electrons. The quantitative estimate of drug-likeness (QED) is 0.447. The average molecular weight is 243 g/mol. The Morgan fingerprint density at radius 2 is 1.82 bits per heavy atom. The van der Waals surface area contributed by atoms with Gasteiger partial charge in [0.25, 0.3) is 0 Å². The molecule has 0 aromatic heterocycles. The Morgan fingerprint density at radius 3 is 2.41 bits per heavy atom. The van der Waals surface area contributed by atoms with Crippen molar-refractivity contribution < 1.29 is 14.3 Å². The number of hydrogen-bond acceptors (Lipinski definition) is 4. The van der Waals surface area contributed by atoms with Crippen LogP contribution in [0.1, 0.15) is 12.8 Å². The zero-order chi connectivity index (χ0) is 12.5. The van der Waals surface area contributed by atoms with Crippen LogP contribution < -0.4 is 16.0 Å². The summed E-state index contributed by atoms with van der Waals surface area (Å²) in [6.45, 7) is 2.09. The first-order valence-electron chi connectivity index (χ1n) is 5.95. The largest absolute Gasteiger partial charge is 0.383 e. The van der Waals surface area contributed by atoms with Gasteiger partial charge in [-0.3, -0.25) is 14.9 Å². The highest BCUT2D eigenvalue weighted by molar-refractivity contribution is 5.81. The summed E-state index contributed by atoms with van der Waals surface area (Å²) in [5.41, 5.74) is 0. The molecule has 1 rings (SSSR count). The minimum Gasteiger partial charge on any atom is -0.383 e. The number of hydrogen-bond donors (Lipinski definition) is 3. The van der Waals surface area contributed by atoms with Crippen molar-refractivity contribution in [3.8, 4) is 0 Å². The highest BCUT2D eigenvalue weighted by atomic mass is 16.5. The van der Waals surface area contributed by atoms with Gasteiger partial charge in [0.15, 0.2) is 0 Å². The van der Waals surface area contributed by atoms with E-state index in [2.05, 4.69) is 16.0 Å². The molecule has 0 saturated heterocycles. The molecular formula is C11H21N3O3. The van der Waals surface area contributed by atoms with E-state index >= 15 is 0 Å². The molecule has 1 fully saturated rings. The van der Waals surface area contributed by atoms with E-state index in [0.29, 0.717) is 19.1 Å². The molecule has 0 radical (unpaired) electrons. The molecule has 0 aromatic rings. The van der Waals surface area contributed by atoms with Crippen molar-refractivity contribution in [2.45, 2.75) is 12.8 Å². The first-order chi connectivity index (χ1) is 8.22. The van der Waals surface area contributed by atoms with Gasteiger partial charge in [0.2, 0.25) is 11.8 Å². The minimum absolute atomic E-state index is 0.0541. The normalized spacial score (nSPS) is 14.4. The Hall–Kier alpha value is -1.14. The first-order valence-corrected chi connectivity index (χ1v) is 5.95. The van der Waals surface area contributed by atoms with Crippen LogP contribution >= 0.6 is 0 Å². The smallest absolute Gasteiger partial charge is 0.234 e. The standard InChI is InChI=1S/C11H21N3O3/c1-17-5-4-13-10(15)7-12-8-11(16)14-6-9-2-3-9/h9,12H,2-8H2,1H3,(H,13,15)(H,14,16). The van der Waals surface area contributed by atoms with Gasteiger partial charge in [-0.2, -0.15) is 0 Å². The molecule has 0 aromatic carbocycles. The molecule has 17 heavy (non-hydrogen) atoms. The zero-order valence-corrected chi connectivity index (χ0v) is 10.3. The Kier molecular flexibility index (Phi) is 6.57. The Balaban J connectivity index is 1.90. The van der Waals surface area contributed by atoms with Crippen LogP contribution in [-0.4, -0.2) is 51.7 Å². The number of methoxy groups -OCH3 is 1. The lowest BCUT2D eigenvalue weighted by Gasteiger charge is -2.06. The van der Waals surface area contributed by atoms with Gasteiger partial charge in [0.1, 0.15) is 0 Å². The van der Waals surface area contributed by atoms with E-state index in [1.807, 2.05) is 0 Å². The number of amides is 2. The van der Waals surface area contributed by atoms with Crippen LogP contribution in [-0.2, 0) is 14.3 Å². The number of carbonyl (C=O) groups excluding carboxylic acids is 2. The molecule has 1 saturated carbocycles. The number of rotatable bonds is 9. The second kappa shape index (κ2) is 8.03. The molecule has 0 spiro atoms. The molecule has 0 unspecified atom stereocenters. The Labute approximate surface area is 101 Å². The fourth-order valence-corrected chi connectivity index (χ4v) is 1.29. The van der Waals surface area contributed by atoms with E-state index < -0.39 is 0 Å². The lowest BCUT2D eigenvalue weighted by molar-refractivity contribution is -0.121. The van der Waals surface area contributed by atoms with Crippen LogP contribution in [0.5, 0.6) is 0 Å². The van der Waals surface area contributed by atoms with Crippen LogP contribution in [0.25, 0.3) is 0 Å². The summed E-state index contributed by atoms with van der Waals surface area (Å²) in [7, 11) is 1.58. The van der Waals surface area contributed by atoms with E-state index in [0.717, 1.165) is 6.54 Å². The number of nitrogens with one attached hydrogen (secondary N) is 3. The van der Waals surface area contributed by atoms with Crippen LogP contribution in [0.3, 0.4) is 0 Å². The number of carbonyl (C=O) groups is 2. The summed E-state index contributed by atoms with van der Waals surface area (Å²) < 4.78 is 4.80. The summed E-state index contributed by atoms with van der Waals surface area (Å²) in [6, 6.07) is 0. The second-order valence-corrected chi connectivity index (χ2v) is 4.19. The molecule has 0 atom stereocenters. The third-order valence-corrected chi connectivity index (χ3v) is 2.48. The minimum atomic E-state index is -0.128. The van der Waals surface area contributed by atoms with Gasteiger partial charge in [-0.05, 0) is 18.8 Å². The Bertz CT molecular complexity index is 254. The molecule has 6 heteroatoms. The summed E-state index contributed by atoms with van der Waals surface area (Å²) in [5.74, 6) is 0.495. The maximum absolute atomic E-state index is 11.3. The predicted octanol–water partition coefficient (Wildman–Crippen LogP) is -1.14. The molecule has 1 aliphatic carbocycles.